The van der Waals surface area contributed by atoms with Crippen LogP contribution in [0.1, 0.15) is 30.7 Å². The highest BCUT2D eigenvalue weighted by Gasteiger charge is 2.57. The van der Waals surface area contributed by atoms with Gasteiger partial charge in [-0.1, -0.05) is 30.3 Å². The molecule has 2 atom stereocenters. The van der Waals surface area contributed by atoms with Gasteiger partial charge in [-0.15, -0.1) is 0 Å². The van der Waals surface area contributed by atoms with Crippen LogP contribution in [0.2, 0.25) is 0 Å². The molecule has 0 aromatic heterocycles. The van der Waals surface area contributed by atoms with E-state index in [2.05, 4.69) is 12.1 Å². The van der Waals surface area contributed by atoms with E-state index >= 15 is 0 Å². The summed E-state index contributed by atoms with van der Waals surface area (Å²) in [4.78, 5) is 29.3. The van der Waals surface area contributed by atoms with E-state index in [0.717, 1.165) is 6.42 Å². The molecule has 24 heavy (non-hydrogen) atoms. The molecule has 1 saturated carbocycles. The molecule has 5 nitrogen and oxygen atoms in total. The van der Waals surface area contributed by atoms with Gasteiger partial charge in [0.25, 0.3) is 0 Å². The smallest absolute Gasteiger partial charge is 0.231 e. The fraction of sp³-hybridized carbons (Fsp3) is 0.579. The van der Waals surface area contributed by atoms with Crippen molar-refractivity contribution in [3.8, 4) is 0 Å². The summed E-state index contributed by atoms with van der Waals surface area (Å²) in [5, 5.41) is 9.45. The largest absolute Gasteiger partial charge is 0.393 e. The third-order valence-electron chi connectivity index (χ3n) is 6.17. The molecule has 2 saturated heterocycles. The van der Waals surface area contributed by atoms with E-state index in [1.54, 1.807) is 0 Å². The number of carbonyl (C=O) groups is 2. The van der Waals surface area contributed by atoms with E-state index in [-0.39, 0.29) is 29.8 Å². The Morgan fingerprint density at radius 1 is 1.25 bits per heavy atom. The van der Waals surface area contributed by atoms with Crippen molar-refractivity contribution in [2.24, 2.45) is 11.3 Å². The Labute approximate surface area is 142 Å². The van der Waals surface area contributed by atoms with Crippen molar-refractivity contribution in [3.05, 3.63) is 35.9 Å². The van der Waals surface area contributed by atoms with E-state index in [4.69, 9.17) is 0 Å². The van der Waals surface area contributed by atoms with Crippen LogP contribution in [0.25, 0.3) is 0 Å². The Hall–Kier alpha value is -1.88. The molecule has 2 amide bonds. The van der Waals surface area contributed by atoms with Crippen LogP contribution in [-0.4, -0.2) is 59.5 Å². The first kappa shape index (κ1) is 15.6. The number of carbonyl (C=O) groups excluding carboxylic acids is 2. The van der Waals surface area contributed by atoms with Gasteiger partial charge >= 0.3 is 0 Å². The van der Waals surface area contributed by atoms with Crippen LogP contribution in [0.15, 0.2) is 30.3 Å². The van der Waals surface area contributed by atoms with E-state index in [1.165, 1.54) is 5.56 Å². The summed E-state index contributed by atoms with van der Waals surface area (Å²) in [5.74, 6) is 0.368. The molecule has 0 bridgehead atoms. The van der Waals surface area contributed by atoms with Crippen molar-refractivity contribution in [2.75, 3.05) is 26.7 Å². The normalized spacial score (nSPS) is 35.6. The fourth-order valence-corrected chi connectivity index (χ4v) is 4.70. The summed E-state index contributed by atoms with van der Waals surface area (Å²) >= 11 is 0. The molecule has 2 aliphatic heterocycles. The summed E-state index contributed by atoms with van der Waals surface area (Å²) in [5.41, 5.74) is 0.706. The molecule has 0 radical (unpaired) electrons. The van der Waals surface area contributed by atoms with Gasteiger partial charge in [0.2, 0.25) is 11.8 Å². The summed E-state index contributed by atoms with van der Waals surface area (Å²) < 4.78 is 0. The molecule has 0 unspecified atom stereocenters. The van der Waals surface area contributed by atoms with Gasteiger partial charge in [-0.2, -0.15) is 0 Å². The molecule has 2 heterocycles. The first-order valence-electron chi connectivity index (χ1n) is 8.78. The molecule has 3 fully saturated rings. The maximum Gasteiger partial charge on any atom is 0.231 e. The second-order valence-corrected chi connectivity index (χ2v) is 7.64. The zero-order valence-corrected chi connectivity index (χ0v) is 14.0. The average Bonchev–Trinajstić information content (AvgIpc) is 3.11. The van der Waals surface area contributed by atoms with Gasteiger partial charge in [0.05, 0.1) is 11.5 Å². The highest BCUT2D eigenvalue weighted by atomic mass is 16.3. The van der Waals surface area contributed by atoms with E-state index < -0.39 is 5.41 Å². The predicted octanol–water partition coefficient (Wildman–Crippen LogP) is 1.23. The number of amides is 2. The second-order valence-electron chi connectivity index (χ2n) is 7.64. The summed E-state index contributed by atoms with van der Waals surface area (Å²) in [6, 6.07) is 10.2. The van der Waals surface area contributed by atoms with Gasteiger partial charge in [0.1, 0.15) is 0 Å². The SMILES string of the molecule is CN1C[C@@H](c2ccccc2)[C@@]2(CCN(C(=O)C3CC(O)C3)C2)C1=O. The minimum Gasteiger partial charge on any atom is -0.393 e. The third-order valence-corrected chi connectivity index (χ3v) is 6.17. The number of likely N-dealkylation sites (N-methyl/N-ethyl adjacent to an activating group) is 1. The molecule has 3 aliphatic rings. The second kappa shape index (κ2) is 5.59. The minimum atomic E-state index is -0.478. The Balaban J connectivity index is 1.58. The van der Waals surface area contributed by atoms with E-state index in [9.17, 15) is 14.7 Å². The average molecular weight is 328 g/mol. The van der Waals surface area contributed by atoms with Gasteiger partial charge < -0.3 is 14.9 Å². The first-order valence-corrected chi connectivity index (χ1v) is 8.78. The van der Waals surface area contributed by atoms with Gasteiger partial charge in [0.15, 0.2) is 0 Å². The van der Waals surface area contributed by atoms with Crippen LogP contribution in [-0.2, 0) is 9.59 Å². The molecular weight excluding hydrogens is 304 g/mol. The Morgan fingerprint density at radius 2 is 1.96 bits per heavy atom. The maximum absolute atomic E-state index is 12.9. The zero-order chi connectivity index (χ0) is 16.9. The van der Waals surface area contributed by atoms with Crippen molar-refractivity contribution >= 4 is 11.8 Å². The quantitative estimate of drug-likeness (QED) is 0.888. The van der Waals surface area contributed by atoms with Gasteiger partial charge in [-0.3, -0.25) is 9.59 Å². The van der Waals surface area contributed by atoms with Crippen molar-refractivity contribution < 1.29 is 14.7 Å². The Morgan fingerprint density at radius 3 is 2.62 bits per heavy atom. The highest BCUT2D eigenvalue weighted by Crippen LogP contribution is 2.50. The topological polar surface area (TPSA) is 60.9 Å². The van der Waals surface area contributed by atoms with Crippen LogP contribution < -0.4 is 0 Å². The molecule has 128 valence electrons. The lowest BCUT2D eigenvalue weighted by molar-refractivity contribution is -0.142. The van der Waals surface area contributed by atoms with E-state index in [1.807, 2.05) is 35.0 Å². The molecule has 1 N–H and O–H groups in total. The number of nitrogens with zero attached hydrogens (tertiary/aromatic N) is 2. The Kier molecular flexibility index (Phi) is 3.64. The molecule has 5 heteroatoms. The lowest BCUT2D eigenvalue weighted by Crippen LogP contribution is -2.45. The molecule has 1 spiro atoms. The molecule has 1 aliphatic carbocycles. The van der Waals surface area contributed by atoms with Crippen LogP contribution >= 0.6 is 0 Å². The van der Waals surface area contributed by atoms with Gasteiger partial charge in [-0.05, 0) is 24.8 Å². The predicted molar refractivity (Wildman–Crippen MR) is 89.2 cm³/mol. The zero-order valence-electron chi connectivity index (χ0n) is 14.0. The van der Waals surface area contributed by atoms with Crippen molar-refractivity contribution in [2.45, 2.75) is 31.3 Å². The van der Waals surface area contributed by atoms with Crippen LogP contribution in [0.5, 0.6) is 0 Å². The summed E-state index contributed by atoms with van der Waals surface area (Å²) in [7, 11) is 1.86. The molecular formula is C19H24N2O3. The Bertz CT molecular complexity index is 656. The summed E-state index contributed by atoms with van der Waals surface area (Å²) in [6.07, 6.45) is 1.54. The third kappa shape index (κ3) is 2.25. The van der Waals surface area contributed by atoms with Gasteiger partial charge in [-0.25, -0.2) is 0 Å². The number of hydrogen-bond donors (Lipinski definition) is 1. The number of rotatable bonds is 2. The number of hydrogen-bond acceptors (Lipinski definition) is 3. The van der Waals surface area contributed by atoms with Crippen molar-refractivity contribution in [1.82, 2.24) is 9.80 Å². The maximum atomic E-state index is 12.9. The lowest BCUT2D eigenvalue weighted by Gasteiger charge is -2.34. The molecule has 1 aromatic rings. The minimum absolute atomic E-state index is 0.0560. The van der Waals surface area contributed by atoms with Crippen LogP contribution in [0, 0.1) is 11.3 Å². The van der Waals surface area contributed by atoms with E-state index in [0.29, 0.717) is 32.5 Å². The lowest BCUT2D eigenvalue weighted by atomic mass is 9.73. The number of likely N-dealkylation sites (tertiary alicyclic amines) is 2. The van der Waals surface area contributed by atoms with Crippen molar-refractivity contribution in [1.29, 1.82) is 0 Å². The van der Waals surface area contributed by atoms with Crippen LogP contribution in [0.4, 0.5) is 0 Å². The monoisotopic (exact) mass is 328 g/mol. The highest BCUT2D eigenvalue weighted by molar-refractivity contribution is 5.89. The first-order chi connectivity index (χ1) is 11.5. The number of aliphatic hydroxyl groups is 1. The number of benzene rings is 1. The standard InChI is InChI=1S/C19H24N2O3/c1-20-11-16(13-5-3-2-4-6-13)19(18(20)24)7-8-21(12-19)17(23)14-9-15(22)10-14/h2-6,14-16,22H,7-12H2,1H3/t14?,15?,16-,19-/m0/s1. The molecule has 1 aromatic carbocycles. The van der Waals surface area contributed by atoms with Crippen molar-refractivity contribution in [3.63, 3.8) is 0 Å². The number of aliphatic hydroxyl groups excluding tert-OH is 1. The van der Waals surface area contributed by atoms with Gasteiger partial charge in [0, 0.05) is 38.5 Å². The van der Waals surface area contributed by atoms with Crippen LogP contribution in [0.3, 0.4) is 0 Å². The molecule has 4 rings (SSSR count). The summed E-state index contributed by atoms with van der Waals surface area (Å²) in [6.45, 7) is 1.88. The fourth-order valence-electron chi connectivity index (χ4n) is 4.70.